The van der Waals surface area contributed by atoms with Gasteiger partial charge in [-0.2, -0.15) is 0 Å². The van der Waals surface area contributed by atoms with Gasteiger partial charge in [-0.3, -0.25) is 4.79 Å². The molecule has 0 saturated carbocycles. The fourth-order valence-electron chi connectivity index (χ4n) is 1.64. The summed E-state index contributed by atoms with van der Waals surface area (Å²) in [6, 6.07) is 10.8. The molecule has 0 aliphatic rings. The molecule has 2 aromatic rings. The van der Waals surface area contributed by atoms with Crippen molar-refractivity contribution in [3.05, 3.63) is 58.1 Å². The molecule has 0 atom stereocenters. The highest BCUT2D eigenvalue weighted by Gasteiger charge is 2.15. The number of carboxylic acid groups (broad SMARTS) is 1. The number of anilines is 1. The molecule has 0 unspecified atom stereocenters. The molecular weight excluding hydrogens is 326 g/mol. The van der Waals surface area contributed by atoms with Gasteiger partial charge in [0.2, 0.25) is 0 Å². The van der Waals surface area contributed by atoms with E-state index in [1.165, 1.54) is 18.2 Å². The maximum absolute atomic E-state index is 12.0. The molecule has 20 heavy (non-hydrogen) atoms. The summed E-state index contributed by atoms with van der Waals surface area (Å²) in [6.07, 6.45) is 0. The molecule has 0 saturated heterocycles. The van der Waals surface area contributed by atoms with Crippen LogP contribution in [0, 0.1) is 0 Å². The Balaban J connectivity index is 2.29. The van der Waals surface area contributed by atoms with Gasteiger partial charge in [-0.1, -0.05) is 28.1 Å². The summed E-state index contributed by atoms with van der Waals surface area (Å²) in [5.74, 6) is -2.17. The number of carbonyl (C=O) groups excluding carboxylic acids is 1. The Kier molecular flexibility index (Phi) is 4.05. The number of carbonyl (C=O) groups is 2. The zero-order chi connectivity index (χ0) is 14.7. The van der Waals surface area contributed by atoms with Gasteiger partial charge < -0.3 is 15.5 Å². The molecule has 0 fully saturated rings. The second-order valence-corrected chi connectivity index (χ2v) is 4.89. The van der Waals surface area contributed by atoms with Crippen LogP contribution in [0.4, 0.5) is 5.69 Å². The van der Waals surface area contributed by atoms with Crippen LogP contribution in [-0.2, 0) is 0 Å². The third-order valence-electron chi connectivity index (χ3n) is 2.60. The molecule has 0 aliphatic heterocycles. The number of amides is 1. The van der Waals surface area contributed by atoms with Gasteiger partial charge in [-0.05, 0) is 30.3 Å². The van der Waals surface area contributed by atoms with Crippen molar-refractivity contribution in [2.24, 2.45) is 0 Å². The Morgan fingerprint density at radius 1 is 1.10 bits per heavy atom. The standard InChI is InChI=1S/C14H10BrNO4/c15-9-4-1-3-8(7-9)13(18)16-11-6-2-5-10(12(11)17)14(19)20/h1-7,17H,(H,16,18)(H,19,20). The fraction of sp³-hybridized carbons (Fsp3) is 0. The number of benzene rings is 2. The van der Waals surface area contributed by atoms with E-state index >= 15 is 0 Å². The van der Waals surface area contributed by atoms with Gasteiger partial charge in [-0.15, -0.1) is 0 Å². The van der Waals surface area contributed by atoms with Crippen molar-refractivity contribution in [2.45, 2.75) is 0 Å². The van der Waals surface area contributed by atoms with Crippen molar-refractivity contribution in [3.63, 3.8) is 0 Å². The number of hydrogen-bond donors (Lipinski definition) is 3. The highest BCUT2D eigenvalue weighted by molar-refractivity contribution is 9.10. The molecule has 0 aromatic heterocycles. The van der Waals surface area contributed by atoms with Gasteiger partial charge in [0.1, 0.15) is 5.56 Å². The minimum absolute atomic E-state index is 0.0508. The third kappa shape index (κ3) is 2.97. The molecule has 2 rings (SSSR count). The topological polar surface area (TPSA) is 86.6 Å². The number of aromatic hydroxyl groups is 1. The van der Waals surface area contributed by atoms with E-state index in [1.807, 2.05) is 0 Å². The molecule has 5 nitrogen and oxygen atoms in total. The highest BCUT2D eigenvalue weighted by atomic mass is 79.9. The summed E-state index contributed by atoms with van der Waals surface area (Å²) in [5, 5.41) is 21.2. The Labute approximate surface area is 123 Å². The van der Waals surface area contributed by atoms with E-state index in [4.69, 9.17) is 5.11 Å². The van der Waals surface area contributed by atoms with Gasteiger partial charge in [0.15, 0.2) is 5.75 Å². The lowest BCUT2D eigenvalue weighted by atomic mass is 10.1. The summed E-state index contributed by atoms with van der Waals surface area (Å²) >= 11 is 3.25. The molecule has 1 amide bonds. The number of hydrogen-bond acceptors (Lipinski definition) is 3. The van der Waals surface area contributed by atoms with Crippen LogP contribution >= 0.6 is 15.9 Å². The molecule has 0 bridgehead atoms. The lowest BCUT2D eigenvalue weighted by molar-refractivity contribution is 0.0693. The lowest BCUT2D eigenvalue weighted by Gasteiger charge is -2.09. The number of aromatic carboxylic acids is 1. The first-order valence-corrected chi connectivity index (χ1v) is 6.40. The van der Waals surface area contributed by atoms with Crippen molar-refractivity contribution >= 4 is 33.5 Å². The van der Waals surface area contributed by atoms with Gasteiger partial charge in [0, 0.05) is 10.0 Å². The number of phenols is 1. The van der Waals surface area contributed by atoms with E-state index in [0.717, 1.165) is 4.47 Å². The molecule has 0 aliphatic carbocycles. The molecule has 3 N–H and O–H groups in total. The summed E-state index contributed by atoms with van der Waals surface area (Å²) in [7, 11) is 0. The summed E-state index contributed by atoms with van der Waals surface area (Å²) in [5.41, 5.74) is 0.173. The van der Waals surface area contributed by atoms with E-state index in [2.05, 4.69) is 21.2 Å². The first-order valence-electron chi connectivity index (χ1n) is 5.61. The van der Waals surface area contributed by atoms with Crippen LogP contribution in [0.25, 0.3) is 0 Å². The Morgan fingerprint density at radius 2 is 1.80 bits per heavy atom. The van der Waals surface area contributed by atoms with E-state index in [1.54, 1.807) is 24.3 Å². The molecule has 0 heterocycles. The van der Waals surface area contributed by atoms with Crippen molar-refractivity contribution in [1.29, 1.82) is 0 Å². The Morgan fingerprint density at radius 3 is 2.45 bits per heavy atom. The average Bonchev–Trinajstić information content (AvgIpc) is 2.40. The number of para-hydroxylation sites is 1. The predicted octanol–water partition coefficient (Wildman–Crippen LogP) is 3.11. The van der Waals surface area contributed by atoms with E-state index in [0.29, 0.717) is 5.56 Å². The second-order valence-electron chi connectivity index (χ2n) is 3.97. The van der Waals surface area contributed by atoms with Gasteiger partial charge >= 0.3 is 5.97 Å². The monoisotopic (exact) mass is 335 g/mol. The maximum Gasteiger partial charge on any atom is 0.339 e. The minimum atomic E-state index is -1.26. The smallest absolute Gasteiger partial charge is 0.339 e. The van der Waals surface area contributed by atoms with Crippen LogP contribution in [0.15, 0.2) is 46.9 Å². The first kappa shape index (κ1) is 14.1. The van der Waals surface area contributed by atoms with Crippen LogP contribution in [0.1, 0.15) is 20.7 Å². The molecule has 2 aromatic carbocycles. The molecular formula is C14H10BrNO4. The zero-order valence-corrected chi connectivity index (χ0v) is 11.7. The zero-order valence-electron chi connectivity index (χ0n) is 10.1. The highest BCUT2D eigenvalue weighted by Crippen LogP contribution is 2.28. The SMILES string of the molecule is O=C(Nc1cccc(C(=O)O)c1O)c1cccc(Br)c1. The van der Waals surface area contributed by atoms with Crippen LogP contribution < -0.4 is 5.32 Å². The Bertz CT molecular complexity index is 685. The number of nitrogens with one attached hydrogen (secondary N) is 1. The van der Waals surface area contributed by atoms with Gasteiger partial charge in [0.25, 0.3) is 5.91 Å². The van der Waals surface area contributed by atoms with Gasteiger partial charge in [-0.25, -0.2) is 4.79 Å². The summed E-state index contributed by atoms with van der Waals surface area (Å²) in [4.78, 5) is 22.9. The van der Waals surface area contributed by atoms with Gasteiger partial charge in [0.05, 0.1) is 5.69 Å². The van der Waals surface area contributed by atoms with Crippen molar-refractivity contribution < 1.29 is 19.8 Å². The molecule has 0 radical (unpaired) electrons. The maximum atomic E-state index is 12.0. The third-order valence-corrected chi connectivity index (χ3v) is 3.09. The van der Waals surface area contributed by atoms with Crippen molar-refractivity contribution in [3.8, 4) is 5.75 Å². The van der Waals surface area contributed by atoms with Crippen LogP contribution in [0.2, 0.25) is 0 Å². The normalized spacial score (nSPS) is 10.1. The van der Waals surface area contributed by atoms with E-state index in [-0.39, 0.29) is 11.3 Å². The van der Waals surface area contributed by atoms with Crippen LogP contribution in [0.5, 0.6) is 5.75 Å². The largest absolute Gasteiger partial charge is 0.505 e. The summed E-state index contributed by atoms with van der Waals surface area (Å²) < 4.78 is 0.744. The van der Waals surface area contributed by atoms with Crippen LogP contribution in [0.3, 0.4) is 0 Å². The molecule has 0 spiro atoms. The van der Waals surface area contributed by atoms with E-state index < -0.39 is 17.6 Å². The molecule has 102 valence electrons. The average molecular weight is 336 g/mol. The second kappa shape index (κ2) is 5.75. The summed E-state index contributed by atoms with van der Waals surface area (Å²) in [6.45, 7) is 0. The minimum Gasteiger partial charge on any atom is -0.505 e. The fourth-order valence-corrected chi connectivity index (χ4v) is 2.04. The number of rotatable bonds is 3. The van der Waals surface area contributed by atoms with Crippen LogP contribution in [-0.4, -0.2) is 22.1 Å². The lowest BCUT2D eigenvalue weighted by Crippen LogP contribution is -2.12. The quantitative estimate of drug-likeness (QED) is 0.752. The first-order chi connectivity index (χ1) is 9.49. The molecule has 6 heteroatoms. The number of halogens is 1. The Hall–Kier alpha value is -2.34. The van der Waals surface area contributed by atoms with Crippen molar-refractivity contribution in [1.82, 2.24) is 0 Å². The number of carboxylic acids is 1. The van der Waals surface area contributed by atoms with Crippen molar-refractivity contribution in [2.75, 3.05) is 5.32 Å². The van der Waals surface area contributed by atoms with E-state index in [9.17, 15) is 14.7 Å². The predicted molar refractivity (Wildman–Crippen MR) is 77.2 cm³/mol.